The van der Waals surface area contributed by atoms with Crippen molar-refractivity contribution in [3.8, 4) is 5.88 Å². The van der Waals surface area contributed by atoms with Gasteiger partial charge in [0.15, 0.2) is 0 Å². The van der Waals surface area contributed by atoms with Gasteiger partial charge >= 0.3 is 6.03 Å². The highest BCUT2D eigenvalue weighted by atomic mass is 16.5. The lowest BCUT2D eigenvalue weighted by molar-refractivity contribution is -0.124. The summed E-state index contributed by atoms with van der Waals surface area (Å²) in [4.78, 5) is 27.3. The summed E-state index contributed by atoms with van der Waals surface area (Å²) in [6.45, 7) is 0.662. The Morgan fingerprint density at radius 2 is 2.42 bits per heavy atom. The van der Waals surface area contributed by atoms with Crippen LogP contribution in [-0.2, 0) is 4.79 Å². The zero-order valence-corrected chi connectivity index (χ0v) is 10.6. The van der Waals surface area contributed by atoms with Crippen LogP contribution in [0.4, 0.5) is 10.5 Å². The van der Waals surface area contributed by atoms with Gasteiger partial charge < -0.3 is 20.7 Å². The molecule has 1 aliphatic heterocycles. The number of carbonyl (C=O) groups is 2. The molecule has 2 heterocycles. The van der Waals surface area contributed by atoms with Crippen LogP contribution in [0.2, 0.25) is 0 Å². The molecule has 1 aliphatic rings. The summed E-state index contributed by atoms with van der Waals surface area (Å²) in [5.41, 5.74) is 0.457. The molecule has 3 N–H and O–H groups in total. The zero-order chi connectivity index (χ0) is 13.7. The molecular weight excluding hydrogens is 248 g/mol. The molecule has 0 radical (unpaired) electrons. The van der Waals surface area contributed by atoms with Crippen LogP contribution in [0.15, 0.2) is 18.3 Å². The zero-order valence-electron chi connectivity index (χ0n) is 10.6. The summed E-state index contributed by atoms with van der Waals surface area (Å²) < 4.78 is 5.02. The van der Waals surface area contributed by atoms with Gasteiger partial charge in [-0.1, -0.05) is 0 Å². The SMILES string of the molecule is COc1ncccc1NC(=O)N[C@H]1CCCNC1=O. The number of anilines is 1. The highest BCUT2D eigenvalue weighted by Crippen LogP contribution is 2.19. The van der Waals surface area contributed by atoms with Crippen LogP contribution < -0.4 is 20.7 Å². The number of rotatable bonds is 3. The van der Waals surface area contributed by atoms with Gasteiger partial charge in [0.2, 0.25) is 11.8 Å². The highest BCUT2D eigenvalue weighted by Gasteiger charge is 2.23. The standard InChI is InChI=1S/C12H16N4O3/c1-19-11-9(5-3-7-14-11)16-12(18)15-8-4-2-6-13-10(8)17/h3,5,7-8H,2,4,6H2,1H3,(H,13,17)(H2,15,16,18)/t8-/m0/s1. The third-order valence-corrected chi connectivity index (χ3v) is 2.80. The minimum absolute atomic E-state index is 0.153. The van der Waals surface area contributed by atoms with Gasteiger partial charge in [-0.15, -0.1) is 0 Å². The predicted octanol–water partition coefficient (Wildman–Crippen LogP) is 0.490. The smallest absolute Gasteiger partial charge is 0.320 e. The maximum absolute atomic E-state index is 11.8. The van der Waals surface area contributed by atoms with E-state index in [0.717, 1.165) is 6.42 Å². The highest BCUT2D eigenvalue weighted by molar-refractivity contribution is 5.94. The van der Waals surface area contributed by atoms with Crippen molar-refractivity contribution in [1.82, 2.24) is 15.6 Å². The molecule has 2 rings (SSSR count). The van der Waals surface area contributed by atoms with Crippen LogP contribution in [0.3, 0.4) is 0 Å². The van der Waals surface area contributed by atoms with Crippen molar-refractivity contribution >= 4 is 17.6 Å². The van der Waals surface area contributed by atoms with E-state index in [1.807, 2.05) is 0 Å². The Kier molecular flexibility index (Phi) is 4.17. The molecule has 1 atom stereocenters. The van der Waals surface area contributed by atoms with Crippen molar-refractivity contribution in [2.24, 2.45) is 0 Å². The van der Waals surface area contributed by atoms with Gasteiger partial charge in [0.05, 0.1) is 7.11 Å². The van der Waals surface area contributed by atoms with E-state index >= 15 is 0 Å². The maximum Gasteiger partial charge on any atom is 0.320 e. The number of pyridine rings is 1. The Balaban J connectivity index is 1.95. The fraction of sp³-hybridized carbons (Fsp3) is 0.417. The Morgan fingerprint density at radius 1 is 1.58 bits per heavy atom. The van der Waals surface area contributed by atoms with Crippen LogP contribution in [0.25, 0.3) is 0 Å². The average molecular weight is 264 g/mol. The number of hydrogen-bond acceptors (Lipinski definition) is 4. The molecule has 0 bridgehead atoms. The lowest BCUT2D eigenvalue weighted by Gasteiger charge is -2.22. The molecular formula is C12H16N4O3. The van der Waals surface area contributed by atoms with Crippen LogP contribution in [-0.4, -0.2) is 36.6 Å². The van der Waals surface area contributed by atoms with Crippen molar-refractivity contribution in [2.45, 2.75) is 18.9 Å². The Labute approximate surface area is 110 Å². The van der Waals surface area contributed by atoms with E-state index in [2.05, 4.69) is 20.9 Å². The van der Waals surface area contributed by atoms with Gasteiger partial charge in [-0.2, -0.15) is 0 Å². The summed E-state index contributed by atoms with van der Waals surface area (Å²) in [6, 6.07) is 2.42. The van der Waals surface area contributed by atoms with E-state index < -0.39 is 12.1 Å². The first-order chi connectivity index (χ1) is 9.20. The first kappa shape index (κ1) is 13.1. The molecule has 7 nitrogen and oxygen atoms in total. The molecule has 0 spiro atoms. The molecule has 0 unspecified atom stereocenters. The lowest BCUT2D eigenvalue weighted by atomic mass is 10.1. The lowest BCUT2D eigenvalue weighted by Crippen LogP contribution is -2.51. The van der Waals surface area contributed by atoms with Gasteiger partial charge in [-0.05, 0) is 25.0 Å². The van der Waals surface area contributed by atoms with E-state index in [4.69, 9.17) is 4.74 Å². The van der Waals surface area contributed by atoms with Crippen LogP contribution in [0.1, 0.15) is 12.8 Å². The number of nitrogens with one attached hydrogen (secondary N) is 3. The van der Waals surface area contributed by atoms with Gasteiger partial charge in [-0.3, -0.25) is 4.79 Å². The van der Waals surface area contributed by atoms with E-state index in [1.54, 1.807) is 18.3 Å². The molecule has 3 amide bonds. The minimum atomic E-state index is -0.489. The summed E-state index contributed by atoms with van der Waals surface area (Å²) >= 11 is 0. The molecule has 19 heavy (non-hydrogen) atoms. The summed E-state index contributed by atoms with van der Waals surface area (Å²) in [7, 11) is 1.47. The largest absolute Gasteiger partial charge is 0.480 e. The van der Waals surface area contributed by atoms with Crippen molar-refractivity contribution < 1.29 is 14.3 Å². The molecule has 1 fully saturated rings. The molecule has 1 saturated heterocycles. The van der Waals surface area contributed by atoms with Gasteiger partial charge in [-0.25, -0.2) is 9.78 Å². The molecule has 7 heteroatoms. The topological polar surface area (TPSA) is 92.3 Å². The fourth-order valence-corrected chi connectivity index (χ4v) is 1.88. The van der Waals surface area contributed by atoms with Crippen LogP contribution in [0, 0.1) is 0 Å². The normalized spacial score (nSPS) is 18.4. The van der Waals surface area contributed by atoms with E-state index in [1.165, 1.54) is 7.11 Å². The van der Waals surface area contributed by atoms with Crippen molar-refractivity contribution in [3.63, 3.8) is 0 Å². The summed E-state index contributed by atoms with van der Waals surface area (Å²) in [5, 5.41) is 7.94. The van der Waals surface area contributed by atoms with Crippen molar-refractivity contribution in [2.75, 3.05) is 19.0 Å². The molecule has 1 aromatic heterocycles. The van der Waals surface area contributed by atoms with Crippen molar-refractivity contribution in [1.29, 1.82) is 0 Å². The van der Waals surface area contributed by atoms with E-state index in [9.17, 15) is 9.59 Å². The number of amides is 3. The van der Waals surface area contributed by atoms with Gasteiger partial charge in [0.25, 0.3) is 0 Å². The number of hydrogen-bond donors (Lipinski definition) is 3. The number of aromatic nitrogens is 1. The van der Waals surface area contributed by atoms with E-state index in [-0.39, 0.29) is 5.91 Å². The second-order valence-electron chi connectivity index (χ2n) is 4.14. The number of urea groups is 1. The molecule has 102 valence electrons. The molecule has 0 saturated carbocycles. The number of ether oxygens (including phenoxy) is 1. The average Bonchev–Trinajstić information content (AvgIpc) is 2.42. The third kappa shape index (κ3) is 3.34. The summed E-state index contributed by atoms with van der Waals surface area (Å²) in [6.07, 6.45) is 3.06. The molecule has 1 aromatic rings. The number of piperidine rings is 1. The van der Waals surface area contributed by atoms with Crippen molar-refractivity contribution in [3.05, 3.63) is 18.3 Å². The fourth-order valence-electron chi connectivity index (χ4n) is 1.88. The second kappa shape index (κ2) is 6.03. The third-order valence-electron chi connectivity index (χ3n) is 2.80. The molecule has 0 aromatic carbocycles. The van der Waals surface area contributed by atoms with E-state index in [0.29, 0.717) is 24.5 Å². The minimum Gasteiger partial charge on any atom is -0.480 e. The first-order valence-corrected chi connectivity index (χ1v) is 6.05. The number of carbonyl (C=O) groups excluding carboxylic acids is 2. The summed E-state index contributed by atoms with van der Waals surface area (Å²) in [5.74, 6) is 0.172. The Morgan fingerprint density at radius 3 is 3.16 bits per heavy atom. The Bertz CT molecular complexity index is 478. The predicted molar refractivity (Wildman–Crippen MR) is 69.0 cm³/mol. The van der Waals surface area contributed by atoms with Crippen LogP contribution in [0.5, 0.6) is 5.88 Å². The first-order valence-electron chi connectivity index (χ1n) is 6.05. The van der Waals surface area contributed by atoms with Gasteiger partial charge in [0.1, 0.15) is 11.7 Å². The molecule has 0 aliphatic carbocycles. The number of methoxy groups -OCH3 is 1. The van der Waals surface area contributed by atoms with Crippen LogP contribution >= 0.6 is 0 Å². The maximum atomic E-state index is 11.8. The number of nitrogens with zero attached hydrogens (tertiary/aromatic N) is 1. The quantitative estimate of drug-likeness (QED) is 0.740. The van der Waals surface area contributed by atoms with Gasteiger partial charge in [0, 0.05) is 12.7 Å². The monoisotopic (exact) mass is 264 g/mol. The second-order valence-corrected chi connectivity index (χ2v) is 4.14. The Hall–Kier alpha value is -2.31.